The number of nitrogens with zero attached hydrogens (tertiary/aromatic N) is 2. The number of nitrogens with two attached hydrogens (primary N) is 3. The Kier molecular flexibility index (Phi) is 5.32. The number of carbonyl (C=O) groups is 1. The van der Waals surface area contributed by atoms with Gasteiger partial charge in [-0.05, 0) is 29.3 Å². The number of sulfonamides is 1. The molecule has 0 spiro atoms. The van der Waals surface area contributed by atoms with Crippen LogP contribution in [0.4, 0.5) is 5.69 Å². The molecule has 0 aliphatic carbocycles. The van der Waals surface area contributed by atoms with E-state index in [1.54, 1.807) is 30.3 Å². The summed E-state index contributed by atoms with van der Waals surface area (Å²) in [7, 11) is -4.15. The molecule has 11 heteroatoms. The third-order valence-corrected chi connectivity index (χ3v) is 3.99. The number of primary sulfonamides is 1. The van der Waals surface area contributed by atoms with E-state index < -0.39 is 15.0 Å². The smallest absolute Gasteiger partial charge is 0.256 e. The fourth-order valence-corrected chi connectivity index (χ4v) is 2.92. The minimum absolute atomic E-state index is 0.0234. The number of benzene rings is 1. The lowest BCUT2D eigenvalue weighted by molar-refractivity contribution is -0.114. The Balaban J connectivity index is 2.65. The molecule has 25 heavy (non-hydrogen) atoms. The number of hydrazine groups is 1. The molecule has 1 aromatic heterocycles. The summed E-state index contributed by atoms with van der Waals surface area (Å²) in [5.74, 6) is 4.72. The van der Waals surface area contributed by atoms with E-state index in [1.165, 1.54) is 13.1 Å². The first-order valence-electron chi connectivity index (χ1n) is 6.93. The maximum Gasteiger partial charge on any atom is 0.256 e. The van der Waals surface area contributed by atoms with Gasteiger partial charge in [-0.1, -0.05) is 12.1 Å². The number of amides is 1. The second kappa shape index (κ2) is 7.25. The van der Waals surface area contributed by atoms with Crippen molar-refractivity contribution < 1.29 is 13.2 Å². The molecule has 0 saturated heterocycles. The van der Waals surface area contributed by atoms with Crippen molar-refractivity contribution in [2.75, 3.05) is 5.32 Å². The molecule has 2 rings (SSSR count). The van der Waals surface area contributed by atoms with Gasteiger partial charge in [0.25, 0.3) is 10.0 Å². The highest BCUT2D eigenvalue weighted by Gasteiger charge is 2.22. The van der Waals surface area contributed by atoms with Crippen LogP contribution in [0.2, 0.25) is 0 Å². The summed E-state index contributed by atoms with van der Waals surface area (Å²) < 4.78 is 23.7. The number of pyridine rings is 1. The Morgan fingerprint density at radius 2 is 1.84 bits per heavy atom. The van der Waals surface area contributed by atoms with Gasteiger partial charge in [0.15, 0.2) is 10.9 Å². The Labute approximate surface area is 144 Å². The van der Waals surface area contributed by atoms with E-state index in [-0.39, 0.29) is 17.3 Å². The largest absolute Gasteiger partial charge is 0.382 e. The van der Waals surface area contributed by atoms with Crippen molar-refractivity contribution in [3.05, 3.63) is 42.1 Å². The van der Waals surface area contributed by atoms with Crippen molar-refractivity contribution >= 4 is 27.5 Å². The molecular formula is C14H17N7O3S. The third-order valence-electron chi connectivity index (χ3n) is 3.14. The molecule has 0 fully saturated rings. The summed E-state index contributed by atoms with van der Waals surface area (Å²) in [6.45, 7) is 1.39. The van der Waals surface area contributed by atoms with Crippen LogP contribution >= 0.6 is 0 Å². The minimum Gasteiger partial charge on any atom is -0.382 e. The fourth-order valence-electron chi connectivity index (χ4n) is 2.21. The van der Waals surface area contributed by atoms with Crippen LogP contribution in [0.5, 0.6) is 0 Å². The van der Waals surface area contributed by atoms with E-state index in [4.69, 9.17) is 16.7 Å². The molecule has 1 aromatic carbocycles. The molecule has 132 valence electrons. The normalized spacial score (nSPS) is 11.9. The zero-order chi connectivity index (χ0) is 18.6. The predicted octanol–water partition coefficient (Wildman–Crippen LogP) is -0.562. The van der Waals surface area contributed by atoms with Gasteiger partial charge >= 0.3 is 0 Å². The molecule has 0 bridgehead atoms. The van der Waals surface area contributed by atoms with Crippen molar-refractivity contribution in [3.63, 3.8) is 0 Å². The molecular weight excluding hydrogens is 346 g/mol. The number of hydrogen-bond acceptors (Lipinski definition) is 7. The van der Waals surface area contributed by atoms with Crippen LogP contribution in [-0.2, 0) is 14.8 Å². The van der Waals surface area contributed by atoms with Crippen LogP contribution in [0.3, 0.4) is 0 Å². The number of aromatic nitrogens is 1. The van der Waals surface area contributed by atoms with E-state index in [1.807, 2.05) is 5.53 Å². The molecule has 8 N–H and O–H groups in total. The van der Waals surface area contributed by atoms with Gasteiger partial charge in [-0.2, -0.15) is 0 Å². The van der Waals surface area contributed by atoms with E-state index in [0.717, 1.165) is 0 Å². The van der Waals surface area contributed by atoms with Crippen LogP contribution < -0.4 is 27.6 Å². The third kappa shape index (κ3) is 4.29. The standard InChI is InChI=1S/C14H17N7O3S/c1-8(22)19-10-4-2-9(3-5-10)11-6-7-18-14(25(17,23)24)12(11)13(15)20-21-16/h2-7,21H,16H2,1H3,(H2,15,20)(H,19,22)(H2,17,23,24). The summed E-state index contributed by atoms with van der Waals surface area (Å²) >= 11 is 0. The van der Waals surface area contributed by atoms with Gasteiger partial charge in [-0.25, -0.2) is 29.9 Å². The van der Waals surface area contributed by atoms with Crippen LogP contribution in [0.15, 0.2) is 46.7 Å². The van der Waals surface area contributed by atoms with E-state index in [0.29, 0.717) is 16.8 Å². The lowest BCUT2D eigenvalue weighted by Gasteiger charge is -2.13. The van der Waals surface area contributed by atoms with E-state index >= 15 is 0 Å². The topological polar surface area (TPSA) is 179 Å². The first kappa shape index (κ1) is 18.3. The number of anilines is 1. The molecule has 0 aliphatic heterocycles. The van der Waals surface area contributed by atoms with Crippen molar-refractivity contribution in [2.45, 2.75) is 11.9 Å². The molecule has 2 aromatic rings. The molecule has 1 amide bonds. The highest BCUT2D eigenvalue weighted by atomic mass is 32.2. The van der Waals surface area contributed by atoms with Crippen LogP contribution in [0.25, 0.3) is 11.1 Å². The fraction of sp³-hybridized carbons (Fsp3) is 0.0714. The van der Waals surface area contributed by atoms with Gasteiger partial charge in [0.2, 0.25) is 5.91 Å². The second-order valence-corrected chi connectivity index (χ2v) is 6.45. The summed E-state index contributed by atoms with van der Waals surface area (Å²) in [5.41, 5.74) is 9.50. The maximum atomic E-state index is 11.8. The summed E-state index contributed by atoms with van der Waals surface area (Å²) in [6, 6.07) is 8.24. The van der Waals surface area contributed by atoms with Gasteiger partial charge in [-0.15, -0.1) is 5.10 Å². The number of hydrazone groups is 1. The highest BCUT2D eigenvalue weighted by Crippen LogP contribution is 2.28. The molecule has 0 aliphatic rings. The van der Waals surface area contributed by atoms with Crippen LogP contribution in [0, 0.1) is 0 Å². The number of hydrogen-bond donors (Lipinski definition) is 5. The van der Waals surface area contributed by atoms with Crippen LogP contribution in [0.1, 0.15) is 12.5 Å². The number of rotatable bonds is 5. The van der Waals surface area contributed by atoms with Crippen molar-refractivity contribution in [1.29, 1.82) is 0 Å². The maximum absolute atomic E-state index is 11.8. The van der Waals surface area contributed by atoms with Crippen molar-refractivity contribution in [3.8, 4) is 11.1 Å². The average molecular weight is 363 g/mol. The minimum atomic E-state index is -4.15. The van der Waals surface area contributed by atoms with Crippen molar-refractivity contribution in [1.82, 2.24) is 10.5 Å². The Morgan fingerprint density at radius 3 is 2.36 bits per heavy atom. The van der Waals surface area contributed by atoms with Gasteiger partial charge < -0.3 is 11.1 Å². The number of nitrogens with one attached hydrogen (secondary N) is 2. The van der Waals surface area contributed by atoms with E-state index in [2.05, 4.69) is 15.4 Å². The van der Waals surface area contributed by atoms with Gasteiger partial charge in [0, 0.05) is 18.8 Å². The summed E-state index contributed by atoms with van der Waals surface area (Å²) in [4.78, 5) is 14.9. The molecule has 0 atom stereocenters. The Morgan fingerprint density at radius 1 is 1.20 bits per heavy atom. The SMILES string of the molecule is CC(=O)Nc1ccc(-c2ccnc(S(N)(=O)=O)c2/C(N)=N/NN)cc1. The highest BCUT2D eigenvalue weighted by molar-refractivity contribution is 7.89. The average Bonchev–Trinajstić information content (AvgIpc) is 2.53. The lowest BCUT2D eigenvalue weighted by atomic mass is 10.0. The van der Waals surface area contributed by atoms with Crippen LogP contribution in [-0.4, -0.2) is 25.1 Å². The second-order valence-electron chi connectivity index (χ2n) is 4.97. The number of carbonyl (C=O) groups excluding carboxylic acids is 1. The summed E-state index contributed by atoms with van der Waals surface area (Å²) in [6.07, 6.45) is 1.30. The Bertz CT molecular complexity index is 924. The van der Waals surface area contributed by atoms with Gasteiger partial charge in [0.05, 0.1) is 5.56 Å². The van der Waals surface area contributed by atoms with Crippen molar-refractivity contribution in [2.24, 2.45) is 21.8 Å². The zero-order valence-electron chi connectivity index (χ0n) is 13.2. The van der Waals surface area contributed by atoms with Gasteiger partial charge in [0.1, 0.15) is 0 Å². The lowest BCUT2D eigenvalue weighted by Crippen LogP contribution is -2.27. The summed E-state index contributed by atoms with van der Waals surface area (Å²) in [5, 5.41) is 11.0. The predicted molar refractivity (Wildman–Crippen MR) is 93.4 cm³/mol. The Hall–Kier alpha value is -3.02. The number of amidine groups is 1. The zero-order valence-corrected chi connectivity index (χ0v) is 14.0. The molecule has 1 heterocycles. The molecule has 0 saturated carbocycles. The quantitative estimate of drug-likeness (QED) is 0.204. The molecule has 0 radical (unpaired) electrons. The van der Waals surface area contributed by atoms with Gasteiger partial charge in [-0.3, -0.25) is 4.79 Å². The monoisotopic (exact) mass is 363 g/mol. The molecule has 0 unspecified atom stereocenters. The molecule has 10 nitrogen and oxygen atoms in total. The van der Waals surface area contributed by atoms with E-state index in [9.17, 15) is 13.2 Å². The first-order chi connectivity index (χ1) is 11.7. The first-order valence-corrected chi connectivity index (χ1v) is 8.47.